The molecule has 0 radical (unpaired) electrons. The second kappa shape index (κ2) is 6.05. The van der Waals surface area contributed by atoms with E-state index in [4.69, 9.17) is 4.74 Å². The van der Waals surface area contributed by atoms with Crippen molar-refractivity contribution in [1.82, 2.24) is 0 Å². The van der Waals surface area contributed by atoms with Gasteiger partial charge in [0.2, 0.25) is 0 Å². The minimum Gasteiger partial charge on any atom is -0.458 e. The molecule has 5 heteroatoms. The predicted octanol–water partition coefficient (Wildman–Crippen LogP) is 2.58. The van der Waals surface area contributed by atoms with Crippen LogP contribution in [0, 0.1) is 34.5 Å². The third-order valence-electron chi connectivity index (χ3n) is 10.0. The average Bonchev–Trinajstić information content (AvgIpc) is 3.19. The van der Waals surface area contributed by atoms with Crippen molar-refractivity contribution in [2.45, 2.75) is 83.0 Å². The van der Waals surface area contributed by atoms with Gasteiger partial charge in [-0.2, -0.15) is 0 Å². The van der Waals surface area contributed by atoms with Gasteiger partial charge in [-0.1, -0.05) is 13.8 Å². The molecule has 4 fully saturated rings. The van der Waals surface area contributed by atoms with Gasteiger partial charge in [-0.25, -0.2) is 4.79 Å². The molecule has 5 rings (SSSR count). The lowest BCUT2D eigenvalue weighted by molar-refractivity contribution is -0.244. The Morgan fingerprint density at radius 3 is 2.54 bits per heavy atom. The van der Waals surface area contributed by atoms with E-state index in [0.29, 0.717) is 31.3 Å². The molecule has 9 atom stereocenters. The molecule has 0 aromatic carbocycles. The highest BCUT2D eigenvalue weighted by atomic mass is 16.5. The van der Waals surface area contributed by atoms with Gasteiger partial charge in [0.1, 0.15) is 6.61 Å². The Morgan fingerprint density at radius 2 is 1.82 bits per heavy atom. The highest BCUT2D eigenvalue weighted by Crippen LogP contribution is 2.69. The molecule has 0 bridgehead atoms. The van der Waals surface area contributed by atoms with Crippen molar-refractivity contribution in [3.63, 3.8) is 0 Å². The van der Waals surface area contributed by atoms with Crippen molar-refractivity contribution < 1.29 is 24.9 Å². The van der Waals surface area contributed by atoms with E-state index in [-0.39, 0.29) is 29.3 Å². The smallest absolute Gasteiger partial charge is 0.331 e. The number of cyclic esters (lactones) is 1. The molecule has 3 unspecified atom stereocenters. The molecule has 1 aliphatic heterocycles. The molecule has 0 aromatic heterocycles. The van der Waals surface area contributed by atoms with Crippen LogP contribution < -0.4 is 0 Å². The monoisotopic (exact) mass is 390 g/mol. The highest BCUT2D eigenvalue weighted by Gasteiger charge is 2.70. The van der Waals surface area contributed by atoms with E-state index < -0.39 is 17.1 Å². The molecule has 0 aromatic rings. The lowest BCUT2D eigenvalue weighted by Gasteiger charge is -2.64. The normalized spacial score (nSPS) is 55.8. The highest BCUT2D eigenvalue weighted by molar-refractivity contribution is 5.85. The van der Waals surface area contributed by atoms with Gasteiger partial charge in [-0.3, -0.25) is 0 Å². The third kappa shape index (κ3) is 2.27. The third-order valence-corrected chi connectivity index (χ3v) is 10.0. The first-order valence-corrected chi connectivity index (χ1v) is 11.2. The molecular weight excluding hydrogens is 356 g/mol. The van der Waals surface area contributed by atoms with Crippen molar-refractivity contribution in [2.75, 3.05) is 6.61 Å². The fourth-order valence-corrected chi connectivity index (χ4v) is 8.37. The van der Waals surface area contributed by atoms with Gasteiger partial charge in [-0.05, 0) is 86.0 Å². The first-order chi connectivity index (χ1) is 13.2. The second-order valence-corrected chi connectivity index (χ2v) is 10.8. The van der Waals surface area contributed by atoms with E-state index in [1.165, 1.54) is 0 Å². The fraction of sp³-hybridized carbons (Fsp3) is 0.870. The van der Waals surface area contributed by atoms with Gasteiger partial charge >= 0.3 is 5.97 Å². The van der Waals surface area contributed by atoms with Crippen molar-refractivity contribution in [2.24, 2.45) is 34.5 Å². The Bertz CT molecular complexity index is 718. The molecule has 156 valence electrons. The Kier molecular flexibility index (Phi) is 4.12. The number of ether oxygens (including phenoxy) is 1. The number of carbonyl (C=O) groups is 1. The lowest BCUT2D eigenvalue weighted by Crippen LogP contribution is -2.67. The van der Waals surface area contributed by atoms with Crippen LogP contribution in [0.2, 0.25) is 0 Å². The van der Waals surface area contributed by atoms with E-state index >= 15 is 0 Å². The molecule has 3 N–H and O–H groups in total. The number of rotatable bonds is 1. The van der Waals surface area contributed by atoms with E-state index in [2.05, 4.69) is 6.92 Å². The molecule has 1 heterocycles. The maximum atomic E-state index is 12.1. The standard InChI is InChI=1S/C23H34O5/c1-21-7-5-15(24)10-14(21)3-4-17-18(21)11-19(25)22(2)16(6-8-23(17,22)27)13-9-20(26)28-12-13/h9,14-19,24-25,27H,3-8,10-12H2,1-2H3/t14?,15?,16-,17-,18+,19?,21+,22+,23+/m1/s1. The van der Waals surface area contributed by atoms with Gasteiger partial charge in [0.15, 0.2) is 0 Å². The Morgan fingerprint density at radius 1 is 1.04 bits per heavy atom. The summed E-state index contributed by atoms with van der Waals surface area (Å²) in [6, 6.07) is 0. The fourth-order valence-electron chi connectivity index (χ4n) is 8.37. The zero-order valence-electron chi connectivity index (χ0n) is 17.1. The molecule has 4 saturated carbocycles. The molecule has 4 aliphatic carbocycles. The number of aliphatic hydroxyl groups is 3. The van der Waals surface area contributed by atoms with Crippen molar-refractivity contribution >= 4 is 5.97 Å². The minimum atomic E-state index is -0.906. The SMILES string of the molecule is C[C@]12CCC(O)CC1CC[C@@H]1[C@@H]2CC(O)[C@]2(C)[C@@H](C3=CC(=O)OC3)CC[C@]12O. The Labute approximate surface area is 167 Å². The first kappa shape index (κ1) is 19.1. The summed E-state index contributed by atoms with van der Waals surface area (Å²) in [5.41, 5.74) is -0.507. The van der Waals surface area contributed by atoms with Crippen LogP contribution >= 0.6 is 0 Å². The summed E-state index contributed by atoms with van der Waals surface area (Å²) in [6.45, 7) is 4.69. The maximum absolute atomic E-state index is 12.1. The molecule has 5 aliphatic rings. The van der Waals surface area contributed by atoms with Gasteiger partial charge < -0.3 is 20.1 Å². The van der Waals surface area contributed by atoms with E-state index in [9.17, 15) is 20.1 Å². The quantitative estimate of drug-likeness (QED) is 0.599. The second-order valence-electron chi connectivity index (χ2n) is 10.8. The summed E-state index contributed by atoms with van der Waals surface area (Å²) in [4.78, 5) is 11.6. The van der Waals surface area contributed by atoms with E-state index in [0.717, 1.165) is 44.1 Å². The number of hydrogen-bond acceptors (Lipinski definition) is 5. The molecule has 5 nitrogen and oxygen atoms in total. The summed E-state index contributed by atoms with van der Waals surface area (Å²) in [6.07, 6.45) is 7.69. The molecule has 0 amide bonds. The molecule has 0 saturated heterocycles. The summed E-state index contributed by atoms with van der Waals surface area (Å²) >= 11 is 0. The molecular formula is C23H34O5. The van der Waals surface area contributed by atoms with Gasteiger partial charge in [0.25, 0.3) is 0 Å². The van der Waals surface area contributed by atoms with Gasteiger partial charge in [-0.15, -0.1) is 0 Å². The van der Waals surface area contributed by atoms with Crippen LogP contribution in [0.15, 0.2) is 11.6 Å². The zero-order valence-corrected chi connectivity index (χ0v) is 17.1. The zero-order chi connectivity index (χ0) is 19.9. The Balaban J connectivity index is 1.51. The average molecular weight is 391 g/mol. The van der Waals surface area contributed by atoms with E-state index in [1.807, 2.05) is 6.92 Å². The number of fused-ring (bicyclic) bond motifs is 5. The summed E-state index contributed by atoms with van der Waals surface area (Å²) in [5.74, 6) is 0.657. The summed E-state index contributed by atoms with van der Waals surface area (Å²) in [5, 5.41) is 33.7. The first-order valence-electron chi connectivity index (χ1n) is 11.2. The van der Waals surface area contributed by atoms with Crippen LogP contribution in [0.5, 0.6) is 0 Å². The largest absolute Gasteiger partial charge is 0.458 e. The van der Waals surface area contributed by atoms with Crippen molar-refractivity contribution in [3.8, 4) is 0 Å². The van der Waals surface area contributed by atoms with E-state index in [1.54, 1.807) is 6.08 Å². The van der Waals surface area contributed by atoms with Crippen molar-refractivity contribution in [3.05, 3.63) is 11.6 Å². The van der Waals surface area contributed by atoms with Crippen molar-refractivity contribution in [1.29, 1.82) is 0 Å². The number of carbonyl (C=O) groups excluding carboxylic acids is 1. The minimum absolute atomic E-state index is 0.00129. The number of esters is 1. The summed E-state index contributed by atoms with van der Waals surface area (Å²) in [7, 11) is 0. The Hall–Kier alpha value is -0.910. The molecule has 0 spiro atoms. The number of aliphatic hydroxyl groups excluding tert-OH is 2. The van der Waals surface area contributed by atoms with Crippen LogP contribution in [0.3, 0.4) is 0 Å². The van der Waals surface area contributed by atoms with Crippen LogP contribution in [0.25, 0.3) is 0 Å². The predicted molar refractivity (Wildman–Crippen MR) is 103 cm³/mol. The van der Waals surface area contributed by atoms with Crippen LogP contribution in [0.1, 0.15) is 65.2 Å². The number of hydrogen-bond donors (Lipinski definition) is 3. The van der Waals surface area contributed by atoms with Gasteiger partial charge in [0.05, 0.1) is 17.8 Å². The summed E-state index contributed by atoms with van der Waals surface area (Å²) < 4.78 is 5.16. The van der Waals surface area contributed by atoms with Crippen LogP contribution in [-0.2, 0) is 9.53 Å². The maximum Gasteiger partial charge on any atom is 0.331 e. The van der Waals surface area contributed by atoms with Crippen LogP contribution in [0.4, 0.5) is 0 Å². The lowest BCUT2D eigenvalue weighted by atomic mass is 9.42. The van der Waals surface area contributed by atoms with Crippen LogP contribution in [-0.4, -0.2) is 45.7 Å². The molecule has 28 heavy (non-hydrogen) atoms. The topological polar surface area (TPSA) is 87.0 Å². The van der Waals surface area contributed by atoms with Gasteiger partial charge in [0, 0.05) is 11.5 Å².